The molecule has 0 saturated carbocycles. The monoisotopic (exact) mass is 140 g/mol. The van der Waals surface area contributed by atoms with Crippen molar-refractivity contribution in [3.63, 3.8) is 0 Å². The molecule has 0 unspecified atom stereocenters. The second-order valence-corrected chi connectivity index (χ2v) is 1.61. The average Bonchev–Trinajstić information content (AvgIpc) is 1.99. The maximum absolute atomic E-state index is 12.1. The molecule has 0 bridgehead atoms. The van der Waals surface area contributed by atoms with Gasteiger partial charge in [-0.3, -0.25) is 0 Å². The quantitative estimate of drug-likeness (QED) is 0.229. The van der Waals surface area contributed by atoms with Crippen LogP contribution in [0.5, 0.6) is 0 Å². The minimum atomic E-state index is -0.741. The van der Waals surface area contributed by atoms with Gasteiger partial charge in [0, 0.05) is 18.8 Å². The standard InChI is InChI=1S/C7H9FN2/c1-4-6(2)5-10-7(8)9-3/h5H,1H2,2-3H3. The summed E-state index contributed by atoms with van der Waals surface area (Å²) < 4.78 is 12.1. The summed E-state index contributed by atoms with van der Waals surface area (Å²) >= 11 is 0. The Morgan fingerprint density at radius 3 is 2.70 bits per heavy atom. The van der Waals surface area contributed by atoms with Crippen molar-refractivity contribution in [2.75, 3.05) is 7.05 Å². The van der Waals surface area contributed by atoms with Crippen molar-refractivity contribution in [3.8, 4) is 0 Å². The van der Waals surface area contributed by atoms with Crippen molar-refractivity contribution >= 4 is 12.3 Å². The van der Waals surface area contributed by atoms with E-state index in [1.165, 1.54) is 13.3 Å². The smallest absolute Gasteiger partial charge is 0.244 e. The van der Waals surface area contributed by atoms with Gasteiger partial charge in [-0.25, -0.2) is 9.98 Å². The molecular formula is C7H9FN2. The molecule has 0 aromatic carbocycles. The molecule has 0 aliphatic carbocycles. The Morgan fingerprint density at radius 2 is 2.30 bits per heavy atom. The lowest BCUT2D eigenvalue weighted by atomic mass is 10.4. The molecule has 0 fully saturated rings. The summed E-state index contributed by atoms with van der Waals surface area (Å²) in [6.07, 6.45) is 0.574. The second kappa shape index (κ2) is 4.65. The number of allylic oxidation sites excluding steroid dienone is 1. The van der Waals surface area contributed by atoms with Crippen molar-refractivity contribution in [1.82, 2.24) is 0 Å². The van der Waals surface area contributed by atoms with Crippen molar-refractivity contribution in [2.24, 2.45) is 9.98 Å². The predicted molar refractivity (Wildman–Crippen MR) is 41.3 cm³/mol. The highest BCUT2D eigenvalue weighted by Gasteiger charge is 1.84. The molecule has 0 aromatic heterocycles. The fraction of sp³-hybridized carbons (Fsp3) is 0.286. The first-order valence-corrected chi connectivity index (χ1v) is 2.73. The summed E-state index contributed by atoms with van der Waals surface area (Å²) in [5, 5.41) is 0. The first kappa shape index (κ1) is 8.79. The number of aliphatic imine (C=N–C) groups is 2. The van der Waals surface area contributed by atoms with E-state index in [0.29, 0.717) is 5.57 Å². The van der Waals surface area contributed by atoms with Crippen molar-refractivity contribution in [1.29, 1.82) is 0 Å². The molecule has 2 nitrogen and oxygen atoms in total. The van der Waals surface area contributed by atoms with Gasteiger partial charge in [0.2, 0.25) is 0 Å². The molecule has 0 aliphatic heterocycles. The second-order valence-electron chi connectivity index (χ2n) is 1.61. The van der Waals surface area contributed by atoms with Crippen LogP contribution < -0.4 is 0 Å². The third-order valence-electron chi connectivity index (χ3n) is 0.828. The number of amidine groups is 1. The van der Waals surface area contributed by atoms with E-state index in [1.807, 2.05) is 0 Å². The molecule has 0 heterocycles. The van der Waals surface area contributed by atoms with Crippen LogP contribution in [0.25, 0.3) is 0 Å². The Labute approximate surface area is 59.5 Å². The third-order valence-corrected chi connectivity index (χ3v) is 0.828. The number of hydrogen-bond acceptors (Lipinski definition) is 1. The van der Waals surface area contributed by atoms with E-state index in [1.54, 1.807) is 6.92 Å². The molecule has 0 N–H and O–H groups in total. The van der Waals surface area contributed by atoms with Gasteiger partial charge in [0.25, 0.3) is 0 Å². The number of nitrogens with zero attached hydrogens (tertiary/aromatic N) is 2. The fourth-order valence-electron chi connectivity index (χ4n) is 0.253. The Kier molecular flexibility index (Phi) is 4.09. The van der Waals surface area contributed by atoms with E-state index < -0.39 is 6.09 Å². The van der Waals surface area contributed by atoms with E-state index in [2.05, 4.69) is 22.3 Å². The first-order valence-electron chi connectivity index (χ1n) is 2.73. The fourth-order valence-corrected chi connectivity index (χ4v) is 0.253. The van der Waals surface area contributed by atoms with Crippen LogP contribution in [0.15, 0.2) is 27.9 Å². The summed E-state index contributed by atoms with van der Waals surface area (Å²) in [4.78, 5) is 6.52. The third kappa shape index (κ3) is 3.75. The highest BCUT2D eigenvalue weighted by atomic mass is 19.1. The van der Waals surface area contributed by atoms with Gasteiger partial charge in [-0.2, -0.15) is 4.39 Å². The maximum Gasteiger partial charge on any atom is 0.303 e. The summed E-state index contributed by atoms with van der Waals surface area (Å²) in [7, 11) is 1.33. The van der Waals surface area contributed by atoms with Crippen LogP contribution in [0.4, 0.5) is 4.39 Å². The minimum absolute atomic E-state index is 0.679. The van der Waals surface area contributed by atoms with Crippen LogP contribution in [-0.4, -0.2) is 19.4 Å². The molecular weight excluding hydrogens is 131 g/mol. The number of halogens is 1. The zero-order valence-electron chi connectivity index (χ0n) is 6.06. The summed E-state index contributed by atoms with van der Waals surface area (Å²) in [6, 6.07) is 0. The van der Waals surface area contributed by atoms with Gasteiger partial charge >= 0.3 is 6.09 Å². The van der Waals surface area contributed by atoms with Crippen LogP contribution in [0.3, 0.4) is 0 Å². The van der Waals surface area contributed by atoms with E-state index in [4.69, 9.17) is 0 Å². The lowest BCUT2D eigenvalue weighted by Crippen LogP contribution is -1.83. The van der Waals surface area contributed by atoms with Gasteiger partial charge < -0.3 is 0 Å². The Bertz CT molecular complexity index is 210. The van der Waals surface area contributed by atoms with Crippen LogP contribution in [-0.2, 0) is 0 Å². The van der Waals surface area contributed by atoms with Gasteiger partial charge in [-0.1, -0.05) is 6.58 Å². The molecule has 0 amide bonds. The minimum Gasteiger partial charge on any atom is -0.244 e. The van der Waals surface area contributed by atoms with Gasteiger partial charge in [-0.05, 0) is 6.92 Å². The Morgan fingerprint density at radius 1 is 1.70 bits per heavy atom. The molecule has 0 spiro atoms. The van der Waals surface area contributed by atoms with Gasteiger partial charge in [-0.15, -0.1) is 5.73 Å². The number of hydrogen-bond donors (Lipinski definition) is 0. The summed E-state index contributed by atoms with van der Waals surface area (Å²) in [5.41, 5.74) is 3.22. The SMILES string of the molecule is C=C=C(C)C=NC(F)=NC. The van der Waals surface area contributed by atoms with E-state index in [-0.39, 0.29) is 0 Å². The molecule has 0 rings (SSSR count). The van der Waals surface area contributed by atoms with Crippen LogP contribution in [0, 0.1) is 0 Å². The number of rotatable bonds is 1. The average molecular weight is 140 g/mol. The Hall–Kier alpha value is -1.21. The van der Waals surface area contributed by atoms with Crippen LogP contribution in [0.2, 0.25) is 0 Å². The van der Waals surface area contributed by atoms with Gasteiger partial charge in [0.1, 0.15) is 0 Å². The summed E-state index contributed by atoms with van der Waals surface area (Å²) in [6.45, 7) is 5.07. The highest BCUT2D eigenvalue weighted by Crippen LogP contribution is 1.85. The van der Waals surface area contributed by atoms with E-state index in [9.17, 15) is 4.39 Å². The highest BCUT2D eigenvalue weighted by molar-refractivity contribution is 5.89. The van der Waals surface area contributed by atoms with E-state index in [0.717, 1.165) is 0 Å². The maximum atomic E-state index is 12.1. The largest absolute Gasteiger partial charge is 0.303 e. The van der Waals surface area contributed by atoms with Crippen LogP contribution in [0.1, 0.15) is 6.92 Å². The first-order chi connectivity index (χ1) is 4.70. The van der Waals surface area contributed by atoms with Crippen molar-refractivity contribution in [2.45, 2.75) is 6.92 Å². The molecule has 3 heteroatoms. The molecule has 0 atom stereocenters. The normalized spacial score (nSPS) is 11.7. The molecule has 0 aromatic rings. The zero-order chi connectivity index (χ0) is 7.98. The zero-order valence-corrected chi connectivity index (χ0v) is 6.06. The van der Waals surface area contributed by atoms with Gasteiger partial charge in [0.05, 0.1) is 0 Å². The Balaban J connectivity index is 4.14. The van der Waals surface area contributed by atoms with E-state index >= 15 is 0 Å². The molecule has 0 saturated heterocycles. The van der Waals surface area contributed by atoms with Gasteiger partial charge in [0.15, 0.2) is 0 Å². The molecule has 54 valence electrons. The van der Waals surface area contributed by atoms with Crippen molar-refractivity contribution in [3.05, 3.63) is 17.9 Å². The van der Waals surface area contributed by atoms with Crippen molar-refractivity contribution < 1.29 is 4.39 Å². The molecule has 10 heavy (non-hydrogen) atoms. The molecule has 0 aliphatic rings. The lowest BCUT2D eigenvalue weighted by molar-refractivity contribution is 0.787. The lowest BCUT2D eigenvalue weighted by Gasteiger charge is -1.82. The topological polar surface area (TPSA) is 24.7 Å². The molecule has 0 radical (unpaired) electrons. The van der Waals surface area contributed by atoms with Crippen LogP contribution >= 0.6 is 0 Å². The summed E-state index contributed by atoms with van der Waals surface area (Å²) in [5.74, 6) is 0. The predicted octanol–water partition coefficient (Wildman–Crippen LogP) is 1.74.